The average molecular weight is 712 g/mol. The van der Waals surface area contributed by atoms with Crippen molar-refractivity contribution in [3.63, 3.8) is 0 Å². The maximum atomic E-state index is 13.6. The highest BCUT2D eigenvalue weighted by Crippen LogP contribution is 2.13. The van der Waals surface area contributed by atoms with Crippen LogP contribution in [0.15, 0.2) is 24.0 Å². The fourth-order valence-electron chi connectivity index (χ4n) is 4.54. The zero-order chi connectivity index (χ0) is 37.4. The molecule has 0 saturated carbocycles. The molecule has 1 aliphatic rings. The highest BCUT2D eigenvalue weighted by atomic mass is 32.2. The number of carbonyl (C=O) groups excluding carboxylic acids is 6. The molecule has 0 bridgehead atoms. The fraction of sp³-hybridized carbons (Fsp3) is 0.645. The Hall–Kier alpha value is -4.00. The molecule has 7 atom stereocenters. The van der Waals surface area contributed by atoms with Gasteiger partial charge in [0.15, 0.2) is 0 Å². The van der Waals surface area contributed by atoms with Crippen molar-refractivity contribution < 1.29 is 38.7 Å². The van der Waals surface area contributed by atoms with Crippen LogP contribution < -0.4 is 48.7 Å². The molecule has 0 aromatic heterocycles. The molecule has 0 radical (unpaired) electrons. The Bertz CT molecular complexity index is 1260. The van der Waals surface area contributed by atoms with E-state index in [1.165, 1.54) is 13.0 Å². The normalized spacial score (nSPS) is 21.4. The van der Waals surface area contributed by atoms with Crippen LogP contribution in [0.3, 0.4) is 0 Å². The van der Waals surface area contributed by atoms with Crippen molar-refractivity contribution in [2.24, 2.45) is 23.6 Å². The van der Waals surface area contributed by atoms with Crippen LogP contribution in [-0.4, -0.2) is 88.2 Å². The molecule has 276 valence electrons. The van der Waals surface area contributed by atoms with Gasteiger partial charge in [-0.1, -0.05) is 67.0 Å². The zero-order valence-corrected chi connectivity index (χ0v) is 30.0. The minimum absolute atomic E-state index is 0.0247. The van der Waals surface area contributed by atoms with E-state index in [0.717, 1.165) is 11.8 Å². The molecule has 18 heteroatoms. The summed E-state index contributed by atoms with van der Waals surface area (Å²) >= 11 is 1.04. The quantitative estimate of drug-likeness (QED) is 0.0519. The largest absolute Gasteiger partial charge is 0.480 e. The molecule has 1 aliphatic heterocycles. The summed E-state index contributed by atoms with van der Waals surface area (Å²) in [5.74, 6) is -0.653. The lowest BCUT2D eigenvalue weighted by Gasteiger charge is -2.27. The van der Waals surface area contributed by atoms with Crippen molar-refractivity contribution in [1.29, 1.82) is 0 Å². The van der Waals surface area contributed by atoms with Gasteiger partial charge in [-0.2, -0.15) is 11.8 Å². The number of hydrogen-bond acceptors (Lipinski definition) is 11. The van der Waals surface area contributed by atoms with Crippen molar-refractivity contribution in [1.82, 2.24) is 42.9 Å². The maximum absolute atomic E-state index is 13.6. The third kappa shape index (κ3) is 13.8. The van der Waals surface area contributed by atoms with Crippen LogP contribution >= 0.6 is 11.8 Å². The standard InChI is InChI=1S/C31H53N9O8S/c1-9-16(6)23(37-25(41)18(8)33-26(42)19(11-3)34-30(46)24(38-32)17(7)10-2)29(45)35-21-13-49-14-22(31(47)48)36-27(43)20(12-15(4)5)39-40-28(21)44/h11,15-17,20-24,38-39H,8-10,12-14,32H2,1-7H3,(H,33,42)(H,34,46)(H,35,45)(H,36,43)(H,37,41)(H,40,44)(H,47,48)/b19-11-/t16?,17-,20+,21?,22?,23+,24+/m1/s1. The molecular formula is C31H53N9O8S. The highest BCUT2D eigenvalue weighted by molar-refractivity contribution is 7.99. The van der Waals surface area contributed by atoms with E-state index < -0.39 is 83.2 Å². The number of hydrogen-bond donors (Lipinski definition) is 10. The third-order valence-corrected chi connectivity index (χ3v) is 9.13. The van der Waals surface area contributed by atoms with Gasteiger partial charge < -0.3 is 31.7 Å². The molecule has 1 fully saturated rings. The highest BCUT2D eigenvalue weighted by Gasteiger charge is 2.33. The maximum Gasteiger partial charge on any atom is 0.327 e. The van der Waals surface area contributed by atoms with E-state index in [9.17, 15) is 38.7 Å². The minimum atomic E-state index is -1.25. The molecule has 49 heavy (non-hydrogen) atoms. The van der Waals surface area contributed by atoms with Gasteiger partial charge in [0.2, 0.25) is 17.7 Å². The molecule has 0 spiro atoms. The molecule has 11 N–H and O–H groups in total. The Morgan fingerprint density at radius 1 is 0.959 bits per heavy atom. The van der Waals surface area contributed by atoms with Gasteiger partial charge >= 0.3 is 5.97 Å². The topological polar surface area (TPSA) is 262 Å². The molecule has 17 nitrogen and oxygen atoms in total. The first kappa shape index (κ1) is 43.0. The van der Waals surface area contributed by atoms with Gasteiger partial charge in [-0.15, -0.1) is 0 Å². The second kappa shape index (κ2) is 21.2. The first-order chi connectivity index (χ1) is 23.0. The number of allylic oxidation sites excluding steroid dienone is 1. The number of nitrogens with two attached hydrogens (primary N) is 1. The fourth-order valence-corrected chi connectivity index (χ4v) is 5.61. The van der Waals surface area contributed by atoms with E-state index in [1.807, 2.05) is 27.7 Å². The molecule has 1 rings (SSSR count). The third-order valence-electron chi connectivity index (χ3n) is 8.00. The van der Waals surface area contributed by atoms with E-state index in [4.69, 9.17) is 5.84 Å². The lowest BCUT2D eigenvalue weighted by Crippen LogP contribution is -2.60. The van der Waals surface area contributed by atoms with Crippen molar-refractivity contribution in [3.8, 4) is 0 Å². The van der Waals surface area contributed by atoms with Gasteiger partial charge in [0, 0.05) is 11.5 Å². The van der Waals surface area contributed by atoms with Crippen molar-refractivity contribution in [2.75, 3.05) is 11.5 Å². The Labute approximate surface area is 291 Å². The molecule has 0 aromatic rings. The predicted molar refractivity (Wildman–Crippen MR) is 184 cm³/mol. The summed E-state index contributed by atoms with van der Waals surface area (Å²) in [6.45, 7) is 16.0. The summed E-state index contributed by atoms with van der Waals surface area (Å²) in [5, 5.41) is 22.1. The van der Waals surface area contributed by atoms with Gasteiger partial charge in [-0.05, 0) is 31.1 Å². The van der Waals surface area contributed by atoms with Crippen LogP contribution in [0.4, 0.5) is 0 Å². The molecule has 0 aromatic carbocycles. The molecule has 3 unspecified atom stereocenters. The lowest BCUT2D eigenvalue weighted by molar-refractivity contribution is -0.141. The van der Waals surface area contributed by atoms with Crippen molar-refractivity contribution in [3.05, 3.63) is 24.0 Å². The van der Waals surface area contributed by atoms with E-state index in [1.54, 1.807) is 13.8 Å². The summed E-state index contributed by atoms with van der Waals surface area (Å²) in [6, 6.07) is -5.30. The average Bonchev–Trinajstić information content (AvgIpc) is 3.07. The molecular weight excluding hydrogens is 658 g/mol. The first-order valence-corrected chi connectivity index (χ1v) is 17.4. The van der Waals surface area contributed by atoms with Crippen LogP contribution in [0.25, 0.3) is 0 Å². The zero-order valence-electron chi connectivity index (χ0n) is 29.2. The van der Waals surface area contributed by atoms with Gasteiger partial charge in [-0.3, -0.25) is 40.0 Å². The summed E-state index contributed by atoms with van der Waals surface area (Å²) < 4.78 is 0. The van der Waals surface area contributed by atoms with E-state index in [-0.39, 0.29) is 35.5 Å². The Balaban J connectivity index is 3.08. The number of carbonyl (C=O) groups is 7. The van der Waals surface area contributed by atoms with Crippen LogP contribution in [0.2, 0.25) is 0 Å². The number of amides is 6. The number of rotatable bonds is 16. The summed E-state index contributed by atoms with van der Waals surface area (Å²) in [5.41, 5.74) is 6.99. The monoisotopic (exact) mass is 711 g/mol. The lowest BCUT2D eigenvalue weighted by atomic mass is 9.97. The first-order valence-electron chi connectivity index (χ1n) is 16.2. The van der Waals surface area contributed by atoms with E-state index >= 15 is 0 Å². The number of thioether (sulfide) groups is 1. The Morgan fingerprint density at radius 2 is 1.57 bits per heavy atom. The van der Waals surface area contributed by atoms with E-state index in [0.29, 0.717) is 12.8 Å². The second-order valence-corrected chi connectivity index (χ2v) is 13.4. The molecule has 1 saturated heterocycles. The van der Waals surface area contributed by atoms with E-state index in [2.05, 4.69) is 49.4 Å². The SMILES string of the molecule is C=C(NC(=O)/C(=C/C)NC(=O)[C@@H](NN)[C@H](C)CC)C(=O)N[C@H](C(=O)NC1CSCC(C(=O)O)NC(=O)[C@H](CC(C)C)NNC1=O)C(C)CC. The van der Waals surface area contributed by atoms with Gasteiger partial charge in [-0.25, -0.2) is 15.6 Å². The van der Waals surface area contributed by atoms with Crippen LogP contribution in [0.1, 0.15) is 67.7 Å². The number of aliphatic carboxylic acids is 1. The van der Waals surface area contributed by atoms with Gasteiger partial charge in [0.1, 0.15) is 35.9 Å². The predicted octanol–water partition coefficient (Wildman–Crippen LogP) is -1.12. The molecule has 0 aliphatic carbocycles. The van der Waals surface area contributed by atoms with Crippen molar-refractivity contribution >= 4 is 53.2 Å². The summed E-state index contributed by atoms with van der Waals surface area (Å²) in [4.78, 5) is 90.1. The Kier molecular flexibility index (Phi) is 18.6. The number of hydrazine groups is 2. The molecule has 6 amide bonds. The summed E-state index contributed by atoms with van der Waals surface area (Å²) in [7, 11) is 0. The smallest absolute Gasteiger partial charge is 0.327 e. The van der Waals surface area contributed by atoms with Gasteiger partial charge in [0.05, 0.1) is 5.70 Å². The van der Waals surface area contributed by atoms with Gasteiger partial charge in [0.25, 0.3) is 17.7 Å². The Morgan fingerprint density at radius 3 is 2.10 bits per heavy atom. The van der Waals surface area contributed by atoms with Crippen LogP contribution in [-0.2, 0) is 33.6 Å². The van der Waals surface area contributed by atoms with Crippen LogP contribution in [0.5, 0.6) is 0 Å². The van der Waals surface area contributed by atoms with Crippen LogP contribution in [0, 0.1) is 17.8 Å². The molecule has 1 heterocycles. The number of nitrogens with one attached hydrogen (secondary N) is 8. The number of carboxylic acid groups (broad SMARTS) is 1. The second-order valence-electron chi connectivity index (χ2n) is 12.3. The number of carboxylic acids is 1. The van der Waals surface area contributed by atoms with Crippen molar-refractivity contribution in [2.45, 2.75) is 97.9 Å². The minimum Gasteiger partial charge on any atom is -0.480 e. The summed E-state index contributed by atoms with van der Waals surface area (Å²) in [6.07, 6.45) is 2.71.